The average molecular weight is 316 g/mol. The fourth-order valence-corrected chi connectivity index (χ4v) is 2.32. The summed E-state index contributed by atoms with van der Waals surface area (Å²) in [5.74, 6) is -0.789. The minimum Gasteiger partial charge on any atom is -0.461 e. The number of thiazole rings is 1. The first-order chi connectivity index (χ1) is 10.1. The maximum atomic E-state index is 11.7. The van der Waals surface area contributed by atoms with Crippen LogP contribution in [0.3, 0.4) is 0 Å². The molecule has 0 aliphatic heterocycles. The molecule has 1 heterocycles. The van der Waals surface area contributed by atoms with Crippen molar-refractivity contribution in [3.8, 4) is 0 Å². The number of methoxy groups -OCH3 is 1. The van der Waals surface area contributed by atoms with Crippen molar-refractivity contribution < 1.29 is 23.8 Å². The predicted octanol–water partition coefficient (Wildman–Crippen LogP) is 1.60. The van der Waals surface area contributed by atoms with Gasteiger partial charge in [-0.3, -0.25) is 4.79 Å². The number of nitrogens with one attached hydrogen (secondary N) is 1. The lowest BCUT2D eigenvalue weighted by atomic mass is 10.3. The molecule has 0 spiro atoms. The van der Waals surface area contributed by atoms with E-state index in [0.717, 1.165) is 11.3 Å². The van der Waals surface area contributed by atoms with Gasteiger partial charge in [0.05, 0.1) is 26.4 Å². The molecule has 0 atom stereocenters. The molecule has 0 aliphatic rings. The highest BCUT2D eigenvalue weighted by atomic mass is 32.1. The van der Waals surface area contributed by atoms with Gasteiger partial charge in [0.15, 0.2) is 16.6 Å². The molecule has 0 saturated heterocycles. The second kappa shape index (κ2) is 9.43. The number of aromatic nitrogens is 1. The highest BCUT2D eigenvalue weighted by Gasteiger charge is 2.22. The molecule has 0 amide bonds. The molecule has 0 bridgehead atoms. The Morgan fingerprint density at radius 3 is 2.67 bits per heavy atom. The van der Waals surface area contributed by atoms with Crippen LogP contribution < -0.4 is 5.32 Å². The number of esters is 1. The molecule has 1 aromatic rings. The van der Waals surface area contributed by atoms with Gasteiger partial charge in [-0.1, -0.05) is 11.3 Å². The summed E-state index contributed by atoms with van der Waals surface area (Å²) in [5, 5.41) is 3.51. The van der Waals surface area contributed by atoms with Crippen molar-refractivity contribution in [3.63, 3.8) is 0 Å². The van der Waals surface area contributed by atoms with E-state index in [1.165, 1.54) is 6.92 Å². The number of carbonyl (C=O) groups is 2. The number of rotatable bonds is 10. The maximum Gasteiger partial charge on any atom is 0.358 e. The van der Waals surface area contributed by atoms with E-state index < -0.39 is 5.97 Å². The molecule has 7 nitrogen and oxygen atoms in total. The summed E-state index contributed by atoms with van der Waals surface area (Å²) in [5.41, 5.74) is 0.0668. The largest absolute Gasteiger partial charge is 0.461 e. The van der Waals surface area contributed by atoms with E-state index >= 15 is 0 Å². The molecule has 118 valence electrons. The molecule has 0 saturated carbocycles. The van der Waals surface area contributed by atoms with Crippen LogP contribution in [0.4, 0.5) is 5.13 Å². The highest BCUT2D eigenvalue weighted by molar-refractivity contribution is 7.17. The van der Waals surface area contributed by atoms with Gasteiger partial charge in [0.2, 0.25) is 0 Å². The van der Waals surface area contributed by atoms with Crippen molar-refractivity contribution >= 4 is 28.2 Å². The lowest BCUT2D eigenvalue weighted by Gasteiger charge is -2.04. The lowest BCUT2D eigenvalue weighted by molar-refractivity contribution is 0.0517. The first kappa shape index (κ1) is 17.5. The zero-order valence-electron chi connectivity index (χ0n) is 12.4. The van der Waals surface area contributed by atoms with Crippen LogP contribution in [-0.2, 0) is 14.2 Å². The number of ketones is 1. The maximum absolute atomic E-state index is 11.7. The summed E-state index contributed by atoms with van der Waals surface area (Å²) in [6.45, 7) is 5.40. The van der Waals surface area contributed by atoms with Gasteiger partial charge >= 0.3 is 5.97 Å². The van der Waals surface area contributed by atoms with Gasteiger partial charge in [-0.2, -0.15) is 0 Å². The third-order valence-corrected chi connectivity index (χ3v) is 3.48. The fraction of sp³-hybridized carbons (Fsp3) is 0.615. The van der Waals surface area contributed by atoms with E-state index in [-0.39, 0.29) is 18.1 Å². The van der Waals surface area contributed by atoms with Crippen LogP contribution in [-0.4, -0.2) is 56.8 Å². The highest BCUT2D eigenvalue weighted by Crippen LogP contribution is 2.24. The standard InChI is InChI=1S/C13H20N2O5S/c1-4-20-12(17)10-11(9(2)16)21-13(15-10)14-5-6-19-8-7-18-3/h4-8H2,1-3H3,(H,14,15). The second-order valence-electron chi connectivity index (χ2n) is 4.01. The summed E-state index contributed by atoms with van der Waals surface area (Å²) in [6, 6.07) is 0. The Morgan fingerprint density at radius 1 is 1.29 bits per heavy atom. The molecule has 21 heavy (non-hydrogen) atoms. The van der Waals surface area contributed by atoms with Crippen LogP contribution in [0.2, 0.25) is 0 Å². The summed E-state index contributed by atoms with van der Waals surface area (Å²) in [4.78, 5) is 27.7. The Hall–Kier alpha value is -1.51. The van der Waals surface area contributed by atoms with Gasteiger partial charge in [-0.05, 0) is 6.92 Å². The summed E-state index contributed by atoms with van der Waals surface area (Å²) in [6.07, 6.45) is 0. The van der Waals surface area contributed by atoms with Crippen LogP contribution in [0, 0.1) is 0 Å². The molecule has 0 fully saturated rings. The Bertz CT molecular complexity index is 475. The van der Waals surface area contributed by atoms with Crippen molar-refractivity contribution in [2.45, 2.75) is 13.8 Å². The first-order valence-corrected chi connectivity index (χ1v) is 7.41. The molecule has 1 aromatic heterocycles. The Balaban J connectivity index is 2.57. The summed E-state index contributed by atoms with van der Waals surface area (Å²) < 4.78 is 15.0. The number of ether oxygens (including phenoxy) is 3. The van der Waals surface area contributed by atoms with E-state index in [4.69, 9.17) is 14.2 Å². The zero-order valence-corrected chi connectivity index (χ0v) is 13.2. The normalized spacial score (nSPS) is 10.4. The van der Waals surface area contributed by atoms with Gasteiger partial charge in [0.1, 0.15) is 4.88 Å². The van der Waals surface area contributed by atoms with E-state index in [0.29, 0.717) is 36.4 Å². The van der Waals surface area contributed by atoms with Gasteiger partial charge < -0.3 is 19.5 Å². The number of Topliss-reactive ketones (excluding diaryl/α,β-unsaturated/α-hetero) is 1. The minimum atomic E-state index is -0.580. The van der Waals surface area contributed by atoms with E-state index in [2.05, 4.69) is 10.3 Å². The van der Waals surface area contributed by atoms with Crippen LogP contribution in [0.5, 0.6) is 0 Å². The van der Waals surface area contributed by atoms with Crippen molar-refractivity contribution in [1.82, 2.24) is 4.98 Å². The number of anilines is 1. The average Bonchev–Trinajstić information content (AvgIpc) is 2.87. The molecular formula is C13H20N2O5S. The van der Waals surface area contributed by atoms with E-state index in [1.807, 2.05) is 0 Å². The molecule has 1 rings (SSSR count). The topological polar surface area (TPSA) is 86.8 Å². The van der Waals surface area contributed by atoms with Gasteiger partial charge in [0, 0.05) is 20.6 Å². The van der Waals surface area contributed by atoms with Crippen molar-refractivity contribution in [2.24, 2.45) is 0 Å². The lowest BCUT2D eigenvalue weighted by Crippen LogP contribution is -2.12. The smallest absolute Gasteiger partial charge is 0.358 e. The molecular weight excluding hydrogens is 296 g/mol. The predicted molar refractivity (Wildman–Crippen MR) is 79.3 cm³/mol. The number of hydrogen-bond donors (Lipinski definition) is 1. The van der Waals surface area contributed by atoms with Crippen LogP contribution in [0.1, 0.15) is 34.0 Å². The van der Waals surface area contributed by atoms with Crippen molar-refractivity contribution in [2.75, 3.05) is 45.4 Å². The van der Waals surface area contributed by atoms with E-state index in [1.54, 1.807) is 14.0 Å². The van der Waals surface area contributed by atoms with Crippen molar-refractivity contribution in [3.05, 3.63) is 10.6 Å². The SMILES string of the molecule is CCOC(=O)c1nc(NCCOCCOC)sc1C(C)=O. The van der Waals surface area contributed by atoms with Crippen molar-refractivity contribution in [1.29, 1.82) is 0 Å². The molecule has 8 heteroatoms. The van der Waals surface area contributed by atoms with E-state index in [9.17, 15) is 9.59 Å². The fourth-order valence-electron chi connectivity index (χ4n) is 1.45. The number of carbonyl (C=O) groups excluding carboxylic acids is 2. The van der Waals surface area contributed by atoms with Crippen LogP contribution in [0.25, 0.3) is 0 Å². The van der Waals surface area contributed by atoms with Crippen LogP contribution >= 0.6 is 11.3 Å². The molecule has 1 N–H and O–H groups in total. The Labute approximate surface area is 127 Å². The number of hydrogen-bond acceptors (Lipinski definition) is 8. The summed E-state index contributed by atoms with van der Waals surface area (Å²) in [7, 11) is 1.61. The van der Waals surface area contributed by atoms with Gasteiger partial charge in [-0.25, -0.2) is 9.78 Å². The quantitative estimate of drug-likeness (QED) is 0.398. The monoisotopic (exact) mass is 316 g/mol. The Morgan fingerprint density at radius 2 is 2.05 bits per heavy atom. The molecule has 0 unspecified atom stereocenters. The molecule has 0 aromatic carbocycles. The first-order valence-electron chi connectivity index (χ1n) is 6.59. The number of nitrogens with zero attached hydrogens (tertiary/aromatic N) is 1. The minimum absolute atomic E-state index is 0.0668. The second-order valence-corrected chi connectivity index (χ2v) is 5.00. The molecule has 0 radical (unpaired) electrons. The molecule has 0 aliphatic carbocycles. The Kier molecular flexibility index (Phi) is 7.88. The van der Waals surface area contributed by atoms with Crippen LogP contribution in [0.15, 0.2) is 0 Å². The van der Waals surface area contributed by atoms with Gasteiger partial charge in [-0.15, -0.1) is 0 Å². The van der Waals surface area contributed by atoms with Gasteiger partial charge in [0.25, 0.3) is 0 Å². The zero-order chi connectivity index (χ0) is 15.7. The third kappa shape index (κ3) is 5.78. The summed E-state index contributed by atoms with van der Waals surface area (Å²) >= 11 is 1.14. The third-order valence-electron chi connectivity index (χ3n) is 2.37.